The molecule has 1 aromatic carbocycles. The molecule has 0 atom stereocenters. The Kier molecular flexibility index (Phi) is 3.63. The Morgan fingerprint density at radius 2 is 1.85 bits per heavy atom. The molecule has 1 heterocycles. The first-order chi connectivity index (χ1) is 9.63. The van der Waals surface area contributed by atoms with E-state index in [-0.39, 0.29) is 0 Å². The summed E-state index contributed by atoms with van der Waals surface area (Å²) in [5.74, 6) is -0.717. The van der Waals surface area contributed by atoms with Crippen LogP contribution in [0.3, 0.4) is 0 Å². The first-order valence-corrected chi connectivity index (χ1v) is 7.80. The molecule has 1 saturated heterocycles. The fraction of sp³-hybridized carbons (Fsp3) is 0.562. The minimum absolute atomic E-state index is 0.690. The summed E-state index contributed by atoms with van der Waals surface area (Å²) in [6.45, 7) is 2.09. The summed E-state index contributed by atoms with van der Waals surface area (Å²) < 4.78 is 0. The van der Waals surface area contributed by atoms with Gasteiger partial charge in [-0.3, -0.25) is 4.79 Å². The fourth-order valence-corrected chi connectivity index (χ4v) is 3.65. The lowest BCUT2D eigenvalue weighted by Gasteiger charge is -2.38. The third-order valence-corrected chi connectivity index (χ3v) is 5.12. The molecule has 2 aliphatic rings. The molecule has 3 rings (SSSR count). The number of benzene rings is 1. The highest BCUT2D eigenvalue weighted by molar-refractivity contribution is 6.33. The normalized spacial score (nSPS) is 21.4. The molecule has 0 radical (unpaired) electrons. The Labute approximate surface area is 124 Å². The SMILES string of the molecule is O=C(O)C1(c2ccc(N3CCCCC3)c(Cl)c2)CCC1. The second-order valence-corrected chi connectivity index (χ2v) is 6.36. The van der Waals surface area contributed by atoms with Crippen molar-refractivity contribution in [3.8, 4) is 0 Å². The molecule has 0 amide bonds. The number of hydrogen-bond donors (Lipinski definition) is 1. The maximum absolute atomic E-state index is 11.5. The zero-order chi connectivity index (χ0) is 14.2. The Morgan fingerprint density at radius 3 is 2.35 bits per heavy atom. The standard InChI is InChI=1S/C16H20ClNO2/c17-13-11-12(16(15(19)20)7-4-8-16)5-6-14(13)18-9-2-1-3-10-18/h5-6,11H,1-4,7-10H2,(H,19,20). The van der Waals surface area contributed by atoms with E-state index in [1.54, 1.807) is 0 Å². The monoisotopic (exact) mass is 293 g/mol. The topological polar surface area (TPSA) is 40.5 Å². The van der Waals surface area contributed by atoms with Gasteiger partial charge in [-0.25, -0.2) is 0 Å². The second kappa shape index (κ2) is 5.28. The van der Waals surface area contributed by atoms with Crippen molar-refractivity contribution in [2.75, 3.05) is 18.0 Å². The molecule has 1 aliphatic carbocycles. The first-order valence-electron chi connectivity index (χ1n) is 7.42. The molecule has 0 bridgehead atoms. The van der Waals surface area contributed by atoms with Crippen LogP contribution in [0, 0.1) is 0 Å². The molecule has 108 valence electrons. The Hall–Kier alpha value is -1.22. The van der Waals surface area contributed by atoms with Gasteiger partial charge in [-0.2, -0.15) is 0 Å². The summed E-state index contributed by atoms with van der Waals surface area (Å²) in [6, 6.07) is 5.84. The molecule has 1 N–H and O–H groups in total. The fourth-order valence-electron chi connectivity index (χ4n) is 3.35. The number of anilines is 1. The molecule has 0 unspecified atom stereocenters. The highest BCUT2D eigenvalue weighted by Crippen LogP contribution is 2.45. The zero-order valence-electron chi connectivity index (χ0n) is 11.6. The van der Waals surface area contributed by atoms with Crippen molar-refractivity contribution in [3.63, 3.8) is 0 Å². The van der Waals surface area contributed by atoms with Crippen molar-refractivity contribution in [2.24, 2.45) is 0 Å². The smallest absolute Gasteiger partial charge is 0.314 e. The van der Waals surface area contributed by atoms with Gasteiger partial charge < -0.3 is 10.0 Å². The average Bonchev–Trinajstić information content (AvgIpc) is 2.38. The van der Waals surface area contributed by atoms with Crippen LogP contribution in [0.4, 0.5) is 5.69 Å². The van der Waals surface area contributed by atoms with Gasteiger partial charge in [-0.15, -0.1) is 0 Å². The van der Waals surface area contributed by atoms with Gasteiger partial charge in [0.2, 0.25) is 0 Å². The number of halogens is 1. The van der Waals surface area contributed by atoms with Crippen LogP contribution in [0.25, 0.3) is 0 Å². The van der Waals surface area contributed by atoms with Crippen LogP contribution in [0.1, 0.15) is 44.1 Å². The summed E-state index contributed by atoms with van der Waals surface area (Å²) >= 11 is 6.42. The van der Waals surface area contributed by atoms with Gasteiger partial charge in [-0.1, -0.05) is 24.1 Å². The molecule has 1 aromatic rings. The van der Waals surface area contributed by atoms with Gasteiger partial charge in [0.25, 0.3) is 0 Å². The maximum Gasteiger partial charge on any atom is 0.314 e. The molecule has 4 heteroatoms. The van der Waals surface area contributed by atoms with E-state index < -0.39 is 11.4 Å². The van der Waals surface area contributed by atoms with Crippen LogP contribution in [-0.4, -0.2) is 24.2 Å². The van der Waals surface area contributed by atoms with Crippen LogP contribution in [0.15, 0.2) is 18.2 Å². The Balaban J connectivity index is 1.89. The number of piperidine rings is 1. The lowest BCUT2D eigenvalue weighted by molar-refractivity contribution is -0.147. The largest absolute Gasteiger partial charge is 0.481 e. The first kappa shape index (κ1) is 13.7. The number of carboxylic acid groups (broad SMARTS) is 1. The number of aliphatic carboxylic acids is 1. The van der Waals surface area contributed by atoms with Gasteiger partial charge in [0, 0.05) is 13.1 Å². The molecular formula is C16H20ClNO2. The second-order valence-electron chi connectivity index (χ2n) is 5.95. The van der Waals surface area contributed by atoms with E-state index in [9.17, 15) is 9.90 Å². The van der Waals surface area contributed by atoms with Crippen LogP contribution >= 0.6 is 11.6 Å². The molecule has 2 fully saturated rings. The molecule has 1 aliphatic heterocycles. The summed E-state index contributed by atoms with van der Waals surface area (Å²) in [4.78, 5) is 13.9. The van der Waals surface area contributed by atoms with Gasteiger partial charge >= 0.3 is 5.97 Å². The number of nitrogens with zero attached hydrogens (tertiary/aromatic N) is 1. The van der Waals surface area contributed by atoms with Crippen molar-refractivity contribution < 1.29 is 9.90 Å². The minimum Gasteiger partial charge on any atom is -0.481 e. The van der Waals surface area contributed by atoms with Crippen molar-refractivity contribution >= 4 is 23.3 Å². The van der Waals surface area contributed by atoms with Gasteiger partial charge in [0.05, 0.1) is 16.1 Å². The molecular weight excluding hydrogens is 274 g/mol. The number of carbonyl (C=O) groups is 1. The predicted octanol–water partition coefficient (Wildman–Crippen LogP) is 3.84. The van der Waals surface area contributed by atoms with E-state index in [1.807, 2.05) is 18.2 Å². The van der Waals surface area contributed by atoms with Crippen molar-refractivity contribution in [2.45, 2.75) is 43.9 Å². The predicted molar refractivity (Wildman–Crippen MR) is 80.7 cm³/mol. The van der Waals surface area contributed by atoms with Crippen LogP contribution in [-0.2, 0) is 10.2 Å². The van der Waals surface area contributed by atoms with Crippen LogP contribution in [0.2, 0.25) is 5.02 Å². The molecule has 3 nitrogen and oxygen atoms in total. The zero-order valence-corrected chi connectivity index (χ0v) is 12.3. The Bertz CT molecular complexity index is 519. The van der Waals surface area contributed by atoms with E-state index in [4.69, 9.17) is 11.6 Å². The van der Waals surface area contributed by atoms with E-state index in [1.165, 1.54) is 19.3 Å². The van der Waals surface area contributed by atoms with Gasteiger partial charge in [0.15, 0.2) is 0 Å². The summed E-state index contributed by atoms with van der Waals surface area (Å²) in [5, 5.41) is 10.2. The summed E-state index contributed by atoms with van der Waals surface area (Å²) in [6.07, 6.45) is 6.13. The number of carboxylic acids is 1. The molecule has 0 spiro atoms. The average molecular weight is 294 g/mol. The third kappa shape index (κ3) is 2.18. The van der Waals surface area contributed by atoms with E-state index in [0.29, 0.717) is 5.02 Å². The lowest BCUT2D eigenvalue weighted by Crippen LogP contribution is -2.42. The molecule has 0 aromatic heterocycles. The number of hydrogen-bond acceptors (Lipinski definition) is 2. The summed E-state index contributed by atoms with van der Waals surface area (Å²) in [7, 11) is 0. The van der Waals surface area contributed by atoms with Gasteiger partial charge in [-0.05, 0) is 49.8 Å². The van der Waals surface area contributed by atoms with E-state index in [2.05, 4.69) is 4.90 Å². The third-order valence-electron chi connectivity index (χ3n) is 4.81. The van der Waals surface area contributed by atoms with Crippen LogP contribution < -0.4 is 4.90 Å². The van der Waals surface area contributed by atoms with Crippen molar-refractivity contribution in [1.82, 2.24) is 0 Å². The maximum atomic E-state index is 11.5. The highest BCUT2D eigenvalue weighted by atomic mass is 35.5. The quantitative estimate of drug-likeness (QED) is 0.920. The van der Waals surface area contributed by atoms with Crippen molar-refractivity contribution in [1.29, 1.82) is 0 Å². The summed E-state index contributed by atoms with van der Waals surface area (Å²) in [5.41, 5.74) is 1.22. The lowest BCUT2D eigenvalue weighted by atomic mass is 9.64. The van der Waals surface area contributed by atoms with E-state index in [0.717, 1.165) is 43.6 Å². The Morgan fingerprint density at radius 1 is 1.15 bits per heavy atom. The molecule has 20 heavy (non-hydrogen) atoms. The number of rotatable bonds is 3. The highest BCUT2D eigenvalue weighted by Gasteiger charge is 2.46. The van der Waals surface area contributed by atoms with Crippen LogP contribution in [0.5, 0.6) is 0 Å². The van der Waals surface area contributed by atoms with Gasteiger partial charge in [0.1, 0.15) is 0 Å². The van der Waals surface area contributed by atoms with Crippen molar-refractivity contribution in [3.05, 3.63) is 28.8 Å². The molecule has 1 saturated carbocycles. The van der Waals surface area contributed by atoms with E-state index >= 15 is 0 Å². The minimum atomic E-state index is -0.717.